The highest BCUT2D eigenvalue weighted by Crippen LogP contribution is 2.29. The van der Waals surface area contributed by atoms with E-state index < -0.39 is 0 Å². The highest BCUT2D eigenvalue weighted by molar-refractivity contribution is 5.85. The van der Waals surface area contributed by atoms with Crippen LogP contribution >= 0.6 is 12.4 Å². The third-order valence-corrected chi connectivity index (χ3v) is 4.63. The molecule has 0 fully saturated rings. The molecule has 0 amide bonds. The summed E-state index contributed by atoms with van der Waals surface area (Å²) < 4.78 is 29.7. The minimum atomic E-state index is -0.256. The minimum absolute atomic E-state index is 0. The molecule has 0 saturated carbocycles. The molecule has 0 heterocycles. The van der Waals surface area contributed by atoms with Gasteiger partial charge in [-0.25, -0.2) is 4.39 Å². The predicted molar refractivity (Wildman–Crippen MR) is 119 cm³/mol. The van der Waals surface area contributed by atoms with Crippen molar-refractivity contribution >= 4 is 12.4 Å². The molecule has 30 heavy (non-hydrogen) atoms. The predicted octanol–water partition coefficient (Wildman–Crippen LogP) is 5.18. The van der Waals surface area contributed by atoms with Crippen molar-refractivity contribution in [3.8, 4) is 17.2 Å². The number of ether oxygens (including phenoxy) is 3. The molecule has 0 spiro atoms. The fourth-order valence-corrected chi connectivity index (χ4v) is 3.05. The molecule has 0 aliphatic rings. The van der Waals surface area contributed by atoms with Crippen molar-refractivity contribution < 1.29 is 18.6 Å². The first-order chi connectivity index (χ1) is 14.2. The van der Waals surface area contributed by atoms with Crippen molar-refractivity contribution in [2.45, 2.75) is 19.6 Å². The fraction of sp³-hybridized carbons (Fsp3) is 0.250. The quantitative estimate of drug-likeness (QED) is 0.449. The van der Waals surface area contributed by atoms with Crippen molar-refractivity contribution in [2.24, 2.45) is 0 Å². The smallest absolute Gasteiger partial charge is 0.161 e. The minimum Gasteiger partial charge on any atom is -0.496 e. The van der Waals surface area contributed by atoms with Gasteiger partial charge >= 0.3 is 0 Å². The Labute approximate surface area is 183 Å². The second-order valence-electron chi connectivity index (χ2n) is 6.64. The average Bonchev–Trinajstić information content (AvgIpc) is 2.77. The van der Waals surface area contributed by atoms with Crippen molar-refractivity contribution in [3.05, 3.63) is 89.2 Å². The summed E-state index contributed by atoms with van der Waals surface area (Å²) in [6, 6.07) is 20.2. The van der Waals surface area contributed by atoms with Crippen molar-refractivity contribution in [1.29, 1.82) is 0 Å². The number of nitrogens with one attached hydrogen (secondary N) is 1. The Bertz CT molecular complexity index is 919. The molecule has 4 nitrogen and oxygen atoms in total. The Hall–Kier alpha value is -2.76. The van der Waals surface area contributed by atoms with Gasteiger partial charge in [-0.05, 0) is 60.0 Å². The number of halogens is 2. The molecular formula is C24H27ClFNO3. The third kappa shape index (κ3) is 6.65. The summed E-state index contributed by atoms with van der Waals surface area (Å²) in [6.07, 6.45) is 0.889. The highest BCUT2D eigenvalue weighted by atomic mass is 35.5. The highest BCUT2D eigenvalue weighted by Gasteiger charge is 2.07. The molecule has 0 atom stereocenters. The second kappa shape index (κ2) is 12.1. The van der Waals surface area contributed by atoms with Crippen LogP contribution in [-0.2, 0) is 19.6 Å². The molecule has 0 saturated heterocycles. The zero-order valence-corrected chi connectivity index (χ0v) is 18.0. The lowest BCUT2D eigenvalue weighted by Gasteiger charge is -2.13. The van der Waals surface area contributed by atoms with Crippen LogP contribution in [0.15, 0.2) is 66.7 Å². The third-order valence-electron chi connectivity index (χ3n) is 4.63. The summed E-state index contributed by atoms with van der Waals surface area (Å²) in [5.74, 6) is 2.00. The zero-order valence-electron chi connectivity index (χ0n) is 17.2. The van der Waals surface area contributed by atoms with Crippen LogP contribution in [0.2, 0.25) is 0 Å². The van der Waals surface area contributed by atoms with Crippen LogP contribution in [0, 0.1) is 5.82 Å². The maximum atomic E-state index is 13.0. The molecular weight excluding hydrogens is 405 g/mol. The Balaban J connectivity index is 0.00000320. The Morgan fingerprint density at radius 1 is 0.800 bits per heavy atom. The molecule has 160 valence electrons. The monoisotopic (exact) mass is 431 g/mol. The summed E-state index contributed by atoms with van der Waals surface area (Å²) in [7, 11) is 3.32. The van der Waals surface area contributed by atoms with E-state index in [1.165, 1.54) is 17.7 Å². The van der Waals surface area contributed by atoms with Crippen LogP contribution in [0.25, 0.3) is 0 Å². The van der Waals surface area contributed by atoms with Crippen molar-refractivity contribution in [3.63, 3.8) is 0 Å². The number of benzene rings is 3. The first-order valence-electron chi connectivity index (χ1n) is 9.56. The van der Waals surface area contributed by atoms with Gasteiger partial charge in [0.1, 0.15) is 18.2 Å². The van der Waals surface area contributed by atoms with E-state index >= 15 is 0 Å². The van der Waals surface area contributed by atoms with E-state index in [0.717, 1.165) is 36.4 Å². The summed E-state index contributed by atoms with van der Waals surface area (Å²) in [5.41, 5.74) is 3.19. The van der Waals surface area contributed by atoms with Crippen LogP contribution in [-0.4, -0.2) is 20.8 Å². The van der Waals surface area contributed by atoms with Gasteiger partial charge in [0.25, 0.3) is 0 Å². The first kappa shape index (κ1) is 23.5. The molecule has 0 unspecified atom stereocenters. The summed E-state index contributed by atoms with van der Waals surface area (Å²) in [6.45, 7) is 1.92. The van der Waals surface area contributed by atoms with Gasteiger partial charge in [-0.2, -0.15) is 0 Å². The normalized spacial score (nSPS) is 10.2. The summed E-state index contributed by atoms with van der Waals surface area (Å²) >= 11 is 0. The van der Waals surface area contributed by atoms with Gasteiger partial charge in [-0.1, -0.05) is 36.4 Å². The number of methoxy groups -OCH3 is 2. The maximum absolute atomic E-state index is 13.0. The largest absolute Gasteiger partial charge is 0.496 e. The zero-order chi connectivity index (χ0) is 20.5. The number of rotatable bonds is 10. The molecule has 0 radical (unpaired) electrons. The molecule has 6 heteroatoms. The standard InChI is InChI=1S/C24H26FNO3.ClH/c1-27-22-6-4-3-5-20(22)13-14-26-16-19-9-12-23(24(15-19)28-2)29-17-18-7-10-21(25)11-8-18;/h3-12,15,26H,13-14,16-17H2,1-2H3;1H. The van der Waals surface area contributed by atoms with Crippen LogP contribution in [0.3, 0.4) is 0 Å². The van der Waals surface area contributed by atoms with Crippen LogP contribution in [0.5, 0.6) is 17.2 Å². The number of para-hydroxylation sites is 1. The Morgan fingerprint density at radius 3 is 2.23 bits per heavy atom. The van der Waals surface area contributed by atoms with E-state index in [9.17, 15) is 4.39 Å². The lowest BCUT2D eigenvalue weighted by molar-refractivity contribution is 0.284. The van der Waals surface area contributed by atoms with Crippen molar-refractivity contribution in [2.75, 3.05) is 20.8 Å². The van der Waals surface area contributed by atoms with Gasteiger partial charge < -0.3 is 19.5 Å². The number of hydrogen-bond donors (Lipinski definition) is 1. The molecule has 1 N–H and O–H groups in total. The van der Waals surface area contributed by atoms with E-state index in [0.29, 0.717) is 18.1 Å². The van der Waals surface area contributed by atoms with Crippen LogP contribution in [0.4, 0.5) is 4.39 Å². The maximum Gasteiger partial charge on any atom is 0.161 e. The lowest BCUT2D eigenvalue weighted by Crippen LogP contribution is -2.17. The van der Waals surface area contributed by atoms with Gasteiger partial charge in [0, 0.05) is 6.54 Å². The van der Waals surface area contributed by atoms with Crippen LogP contribution < -0.4 is 19.5 Å². The van der Waals surface area contributed by atoms with E-state index in [1.807, 2.05) is 36.4 Å². The molecule has 3 rings (SSSR count). The van der Waals surface area contributed by atoms with Gasteiger partial charge in [0.2, 0.25) is 0 Å². The fourth-order valence-electron chi connectivity index (χ4n) is 3.05. The molecule has 0 aliphatic heterocycles. The molecule has 3 aromatic rings. The molecule has 0 aliphatic carbocycles. The van der Waals surface area contributed by atoms with Gasteiger partial charge in [0.15, 0.2) is 11.5 Å². The summed E-state index contributed by atoms with van der Waals surface area (Å²) in [4.78, 5) is 0. The molecule has 0 aromatic heterocycles. The Kier molecular flexibility index (Phi) is 9.45. The van der Waals surface area contributed by atoms with E-state index in [-0.39, 0.29) is 18.2 Å². The van der Waals surface area contributed by atoms with Gasteiger partial charge in [0.05, 0.1) is 14.2 Å². The second-order valence-corrected chi connectivity index (χ2v) is 6.64. The SMILES string of the molecule is COc1ccccc1CCNCc1ccc(OCc2ccc(F)cc2)c(OC)c1.Cl. The molecule has 3 aromatic carbocycles. The first-order valence-corrected chi connectivity index (χ1v) is 9.56. The van der Waals surface area contributed by atoms with E-state index in [2.05, 4.69) is 11.4 Å². The van der Waals surface area contributed by atoms with Gasteiger partial charge in [-0.3, -0.25) is 0 Å². The average molecular weight is 432 g/mol. The van der Waals surface area contributed by atoms with E-state index in [1.54, 1.807) is 26.4 Å². The Morgan fingerprint density at radius 2 is 1.50 bits per heavy atom. The lowest BCUT2D eigenvalue weighted by atomic mass is 10.1. The molecule has 0 bridgehead atoms. The topological polar surface area (TPSA) is 39.7 Å². The summed E-state index contributed by atoms with van der Waals surface area (Å²) in [5, 5.41) is 3.45. The van der Waals surface area contributed by atoms with Gasteiger partial charge in [-0.15, -0.1) is 12.4 Å². The van der Waals surface area contributed by atoms with Crippen LogP contribution in [0.1, 0.15) is 16.7 Å². The van der Waals surface area contributed by atoms with Crippen molar-refractivity contribution in [1.82, 2.24) is 5.32 Å². The van der Waals surface area contributed by atoms with E-state index in [4.69, 9.17) is 14.2 Å². The number of hydrogen-bond acceptors (Lipinski definition) is 4.